The smallest absolute Gasteiger partial charge is 0.254 e. The molecule has 0 unspecified atom stereocenters. The second kappa shape index (κ2) is 7.53. The van der Waals surface area contributed by atoms with E-state index in [-0.39, 0.29) is 24.4 Å². The zero-order chi connectivity index (χ0) is 16.9. The van der Waals surface area contributed by atoms with E-state index < -0.39 is 5.82 Å². The average molecular weight is 331 g/mol. The van der Waals surface area contributed by atoms with E-state index in [0.29, 0.717) is 24.2 Å². The van der Waals surface area contributed by atoms with Crippen LogP contribution in [-0.2, 0) is 11.3 Å². The normalized spacial score (nSPS) is 17.8. The zero-order valence-corrected chi connectivity index (χ0v) is 13.3. The van der Waals surface area contributed by atoms with Gasteiger partial charge in [0.2, 0.25) is 0 Å². The number of carbonyl (C=O) groups is 1. The molecule has 1 atom stereocenters. The van der Waals surface area contributed by atoms with Gasteiger partial charge in [-0.3, -0.25) is 4.79 Å². The first-order chi connectivity index (χ1) is 11.6. The number of hydrogen-bond acceptors (Lipinski definition) is 2. The molecule has 0 radical (unpaired) electrons. The molecule has 3 nitrogen and oxygen atoms in total. The number of amides is 1. The Labute approximate surface area is 139 Å². The van der Waals surface area contributed by atoms with Gasteiger partial charge in [-0.1, -0.05) is 24.3 Å². The number of halogens is 2. The van der Waals surface area contributed by atoms with Crippen molar-refractivity contribution in [1.82, 2.24) is 4.90 Å². The number of nitrogens with zero attached hydrogens (tertiary/aromatic N) is 1. The summed E-state index contributed by atoms with van der Waals surface area (Å²) in [5, 5.41) is 0. The van der Waals surface area contributed by atoms with Gasteiger partial charge in [0.25, 0.3) is 5.91 Å². The van der Waals surface area contributed by atoms with Crippen molar-refractivity contribution in [3.05, 3.63) is 71.3 Å². The second-order valence-electron chi connectivity index (χ2n) is 5.93. The summed E-state index contributed by atoms with van der Waals surface area (Å²) < 4.78 is 32.7. The highest BCUT2D eigenvalue weighted by molar-refractivity contribution is 5.94. The fraction of sp³-hybridized carbons (Fsp3) is 0.316. The van der Waals surface area contributed by atoms with Crippen molar-refractivity contribution in [2.45, 2.75) is 25.6 Å². The van der Waals surface area contributed by atoms with E-state index in [1.165, 1.54) is 24.3 Å². The molecule has 0 bridgehead atoms. The van der Waals surface area contributed by atoms with Gasteiger partial charge in [-0.15, -0.1) is 0 Å². The van der Waals surface area contributed by atoms with Crippen molar-refractivity contribution in [2.75, 3.05) is 13.1 Å². The van der Waals surface area contributed by atoms with Crippen molar-refractivity contribution in [1.29, 1.82) is 0 Å². The molecule has 1 fully saturated rings. The van der Waals surface area contributed by atoms with Crippen LogP contribution in [0, 0.1) is 11.6 Å². The standard InChI is InChI=1S/C19H19F2NO2/c20-16-7-3-6-14(11-16)19(23)22-10-4-8-17(12-22)24-13-15-5-1-2-9-18(15)21/h1-3,5-7,9,11,17H,4,8,10,12-13H2/t17-/m1/s1. The van der Waals surface area contributed by atoms with Crippen molar-refractivity contribution in [3.63, 3.8) is 0 Å². The van der Waals surface area contributed by atoms with Gasteiger partial charge in [-0.25, -0.2) is 8.78 Å². The molecule has 0 N–H and O–H groups in total. The molecule has 1 amide bonds. The van der Waals surface area contributed by atoms with Gasteiger partial charge in [-0.2, -0.15) is 0 Å². The molecule has 0 saturated carbocycles. The number of hydrogen-bond donors (Lipinski definition) is 0. The second-order valence-corrected chi connectivity index (χ2v) is 5.93. The van der Waals surface area contributed by atoms with Gasteiger partial charge in [-0.05, 0) is 37.1 Å². The Balaban J connectivity index is 1.60. The van der Waals surface area contributed by atoms with E-state index in [9.17, 15) is 13.6 Å². The summed E-state index contributed by atoms with van der Waals surface area (Å²) in [4.78, 5) is 14.1. The van der Waals surface area contributed by atoms with Crippen LogP contribution in [0.2, 0.25) is 0 Å². The highest BCUT2D eigenvalue weighted by atomic mass is 19.1. The fourth-order valence-corrected chi connectivity index (χ4v) is 2.89. The predicted octanol–water partition coefficient (Wildman–Crippen LogP) is 3.79. The lowest BCUT2D eigenvalue weighted by atomic mass is 10.1. The lowest BCUT2D eigenvalue weighted by Gasteiger charge is -2.32. The molecule has 3 rings (SSSR count). The Bertz CT molecular complexity index is 720. The van der Waals surface area contributed by atoms with Crippen molar-refractivity contribution >= 4 is 5.91 Å². The minimum atomic E-state index is -0.426. The van der Waals surface area contributed by atoms with E-state index >= 15 is 0 Å². The lowest BCUT2D eigenvalue weighted by molar-refractivity contribution is -0.00762. The van der Waals surface area contributed by atoms with Gasteiger partial charge in [0.15, 0.2) is 0 Å². The van der Waals surface area contributed by atoms with Crippen LogP contribution in [0.4, 0.5) is 8.78 Å². The fourth-order valence-electron chi connectivity index (χ4n) is 2.89. The molecule has 0 aliphatic carbocycles. The zero-order valence-electron chi connectivity index (χ0n) is 13.3. The molecule has 126 valence electrons. The van der Waals surface area contributed by atoms with Crippen LogP contribution in [0.15, 0.2) is 48.5 Å². The van der Waals surface area contributed by atoms with Gasteiger partial charge >= 0.3 is 0 Å². The van der Waals surface area contributed by atoms with Crippen LogP contribution in [0.25, 0.3) is 0 Å². The van der Waals surface area contributed by atoms with Crippen molar-refractivity contribution in [3.8, 4) is 0 Å². The SMILES string of the molecule is O=C(c1cccc(F)c1)N1CCC[C@@H](OCc2ccccc2F)C1. The maximum absolute atomic E-state index is 13.6. The number of benzene rings is 2. The number of likely N-dealkylation sites (tertiary alicyclic amines) is 1. The number of rotatable bonds is 4. The average Bonchev–Trinajstić information content (AvgIpc) is 2.61. The van der Waals surface area contributed by atoms with Gasteiger partial charge in [0.05, 0.1) is 12.7 Å². The van der Waals surface area contributed by atoms with Gasteiger partial charge < -0.3 is 9.64 Å². The Morgan fingerprint density at radius 2 is 2.00 bits per heavy atom. The van der Waals surface area contributed by atoms with Crippen molar-refractivity contribution in [2.24, 2.45) is 0 Å². The first-order valence-electron chi connectivity index (χ1n) is 8.03. The molecule has 2 aromatic carbocycles. The van der Waals surface area contributed by atoms with Crippen LogP contribution in [0.1, 0.15) is 28.8 Å². The molecule has 1 heterocycles. The highest BCUT2D eigenvalue weighted by Crippen LogP contribution is 2.18. The van der Waals surface area contributed by atoms with Crippen molar-refractivity contribution < 1.29 is 18.3 Å². The third-order valence-electron chi connectivity index (χ3n) is 4.17. The highest BCUT2D eigenvalue weighted by Gasteiger charge is 2.25. The van der Waals surface area contributed by atoms with E-state index in [4.69, 9.17) is 4.74 Å². The molecule has 1 saturated heterocycles. The predicted molar refractivity (Wildman–Crippen MR) is 86.5 cm³/mol. The summed E-state index contributed by atoms with van der Waals surface area (Å²) in [6.45, 7) is 1.23. The largest absolute Gasteiger partial charge is 0.372 e. The summed E-state index contributed by atoms with van der Waals surface area (Å²) in [7, 11) is 0. The first kappa shape index (κ1) is 16.6. The van der Waals surface area contributed by atoms with Crippen LogP contribution in [0.3, 0.4) is 0 Å². The number of carbonyl (C=O) groups excluding carboxylic acids is 1. The van der Waals surface area contributed by atoms with Crippen LogP contribution < -0.4 is 0 Å². The molecular formula is C19H19F2NO2. The topological polar surface area (TPSA) is 29.5 Å². The molecule has 1 aliphatic rings. The molecule has 1 aliphatic heterocycles. The van der Waals surface area contributed by atoms with Crippen LogP contribution in [-0.4, -0.2) is 30.0 Å². The maximum Gasteiger partial charge on any atom is 0.254 e. The third kappa shape index (κ3) is 3.97. The third-order valence-corrected chi connectivity index (χ3v) is 4.17. The van der Waals surface area contributed by atoms with E-state index in [0.717, 1.165) is 12.8 Å². The molecule has 24 heavy (non-hydrogen) atoms. The molecule has 2 aromatic rings. The van der Waals surface area contributed by atoms with E-state index in [1.54, 1.807) is 29.2 Å². The Kier molecular flexibility index (Phi) is 5.20. The van der Waals surface area contributed by atoms with E-state index in [1.807, 2.05) is 0 Å². The number of piperidine rings is 1. The van der Waals surface area contributed by atoms with Gasteiger partial charge in [0.1, 0.15) is 11.6 Å². The quantitative estimate of drug-likeness (QED) is 0.853. The number of ether oxygens (including phenoxy) is 1. The minimum Gasteiger partial charge on any atom is -0.372 e. The molecule has 5 heteroatoms. The Morgan fingerprint density at radius 1 is 1.17 bits per heavy atom. The monoisotopic (exact) mass is 331 g/mol. The summed E-state index contributed by atoms with van der Waals surface area (Å²) in [5.41, 5.74) is 0.843. The van der Waals surface area contributed by atoms with E-state index in [2.05, 4.69) is 0 Å². The maximum atomic E-state index is 13.6. The lowest BCUT2D eigenvalue weighted by Crippen LogP contribution is -2.43. The Morgan fingerprint density at radius 3 is 2.79 bits per heavy atom. The summed E-state index contributed by atoms with van der Waals surface area (Å²) in [6.07, 6.45) is 1.49. The molecule has 0 aromatic heterocycles. The van der Waals surface area contributed by atoms with Crippen LogP contribution in [0.5, 0.6) is 0 Å². The molecule has 0 spiro atoms. The molecular weight excluding hydrogens is 312 g/mol. The summed E-state index contributed by atoms with van der Waals surface area (Å²) in [6, 6.07) is 12.2. The summed E-state index contributed by atoms with van der Waals surface area (Å²) >= 11 is 0. The minimum absolute atomic E-state index is 0.143. The first-order valence-corrected chi connectivity index (χ1v) is 8.03. The Hall–Kier alpha value is -2.27. The van der Waals surface area contributed by atoms with Crippen LogP contribution >= 0.6 is 0 Å². The van der Waals surface area contributed by atoms with Gasteiger partial charge in [0, 0.05) is 24.2 Å². The summed E-state index contributed by atoms with van der Waals surface area (Å²) in [5.74, 6) is -0.917.